The fraction of sp³-hybridized carbons (Fsp3) is 0.241. The van der Waals surface area contributed by atoms with Crippen molar-refractivity contribution in [1.29, 1.82) is 0 Å². The first kappa shape index (κ1) is 24.2. The van der Waals surface area contributed by atoms with Crippen molar-refractivity contribution in [3.05, 3.63) is 82.9 Å². The molecule has 37 heavy (non-hydrogen) atoms. The van der Waals surface area contributed by atoms with Crippen molar-refractivity contribution < 1.29 is 33.6 Å². The number of aliphatic hydroxyl groups excluding tert-OH is 1. The summed E-state index contributed by atoms with van der Waals surface area (Å²) in [4.78, 5) is 28.4. The predicted octanol–water partition coefficient (Wildman–Crippen LogP) is 5.15. The summed E-state index contributed by atoms with van der Waals surface area (Å²) in [6.45, 7) is 6.50. The van der Waals surface area contributed by atoms with E-state index in [9.17, 15) is 14.7 Å². The van der Waals surface area contributed by atoms with Crippen molar-refractivity contribution >= 4 is 23.1 Å². The topological polar surface area (TPSA) is 94.5 Å². The third kappa shape index (κ3) is 4.35. The maximum Gasteiger partial charge on any atom is 0.300 e. The zero-order valence-electron chi connectivity index (χ0n) is 20.8. The highest BCUT2D eigenvalue weighted by molar-refractivity contribution is 6.51. The number of Topliss-reactive ketones (excluding diaryl/α,β-unsaturated/α-hetero) is 1. The average Bonchev–Trinajstić information content (AvgIpc) is 3.46. The number of carbonyl (C=O) groups is 2. The molecule has 1 fully saturated rings. The fourth-order valence-corrected chi connectivity index (χ4v) is 4.66. The van der Waals surface area contributed by atoms with Crippen LogP contribution in [-0.2, 0) is 9.59 Å². The van der Waals surface area contributed by atoms with Crippen molar-refractivity contribution in [2.24, 2.45) is 0 Å². The van der Waals surface area contributed by atoms with Crippen LogP contribution in [0, 0.1) is 6.92 Å². The second-order valence-corrected chi connectivity index (χ2v) is 8.64. The minimum absolute atomic E-state index is 0.0293. The van der Waals surface area contributed by atoms with E-state index in [0.29, 0.717) is 53.0 Å². The van der Waals surface area contributed by atoms with Crippen LogP contribution in [0.25, 0.3) is 5.76 Å². The Bertz CT molecular complexity index is 1410. The summed E-state index contributed by atoms with van der Waals surface area (Å²) in [6, 6.07) is 16.7. The van der Waals surface area contributed by atoms with Gasteiger partial charge >= 0.3 is 0 Å². The van der Waals surface area contributed by atoms with Gasteiger partial charge in [-0.05, 0) is 50.6 Å². The summed E-state index contributed by atoms with van der Waals surface area (Å²) < 4.78 is 22.3. The van der Waals surface area contributed by atoms with E-state index in [4.69, 9.17) is 18.9 Å². The zero-order chi connectivity index (χ0) is 26.1. The molecule has 0 aromatic heterocycles. The number of hydrogen-bond acceptors (Lipinski definition) is 7. The van der Waals surface area contributed by atoms with E-state index in [1.54, 1.807) is 36.4 Å². The number of ketones is 1. The highest BCUT2D eigenvalue weighted by atomic mass is 16.7. The van der Waals surface area contributed by atoms with Gasteiger partial charge in [0.25, 0.3) is 11.7 Å². The molecule has 8 nitrogen and oxygen atoms in total. The first-order valence-corrected chi connectivity index (χ1v) is 12.1. The van der Waals surface area contributed by atoms with Crippen molar-refractivity contribution in [2.45, 2.75) is 26.8 Å². The molecule has 2 aliphatic rings. The van der Waals surface area contributed by atoms with Crippen LogP contribution in [0.15, 0.2) is 66.2 Å². The fourth-order valence-electron chi connectivity index (χ4n) is 4.66. The number of anilines is 1. The smallest absolute Gasteiger partial charge is 0.300 e. The van der Waals surface area contributed by atoms with Crippen LogP contribution in [0.1, 0.15) is 36.6 Å². The predicted molar refractivity (Wildman–Crippen MR) is 137 cm³/mol. The van der Waals surface area contributed by atoms with Crippen molar-refractivity contribution in [3.8, 4) is 23.0 Å². The molecule has 1 unspecified atom stereocenters. The molecule has 8 heteroatoms. The summed E-state index contributed by atoms with van der Waals surface area (Å²) in [6.07, 6.45) is 0. The molecule has 0 bridgehead atoms. The quantitative estimate of drug-likeness (QED) is 0.272. The number of carbonyl (C=O) groups excluding carboxylic acids is 2. The van der Waals surface area contributed by atoms with Crippen molar-refractivity contribution in [1.82, 2.24) is 0 Å². The Morgan fingerprint density at radius 2 is 1.76 bits per heavy atom. The van der Waals surface area contributed by atoms with E-state index >= 15 is 0 Å². The molecule has 3 aromatic rings. The standard InChI is InChI=1S/C29H27NO7/c1-4-34-20-10-11-21(23(15-20)35-5-2)27(31)25-26(18-8-6-7-17(3)13-18)30(29(33)28(25)32)19-9-12-22-24(14-19)37-16-36-22/h6-15,26,31H,4-5,16H2,1-3H3/b27-25+. The van der Waals surface area contributed by atoms with Crippen LogP contribution >= 0.6 is 0 Å². The van der Waals surface area contributed by atoms with Gasteiger partial charge in [0.2, 0.25) is 6.79 Å². The second-order valence-electron chi connectivity index (χ2n) is 8.64. The minimum Gasteiger partial charge on any atom is -0.507 e. The number of aryl methyl sites for hydroxylation is 1. The molecule has 0 aliphatic carbocycles. The number of hydrogen-bond donors (Lipinski definition) is 1. The molecule has 1 N–H and O–H groups in total. The molecule has 5 rings (SSSR count). The van der Waals surface area contributed by atoms with Gasteiger partial charge in [-0.1, -0.05) is 29.8 Å². The highest BCUT2D eigenvalue weighted by Crippen LogP contribution is 2.46. The molecule has 1 amide bonds. The second kappa shape index (κ2) is 9.89. The number of amides is 1. The Balaban J connectivity index is 1.70. The number of fused-ring (bicyclic) bond motifs is 1. The van der Waals surface area contributed by atoms with Gasteiger partial charge in [-0.2, -0.15) is 0 Å². The molecule has 190 valence electrons. The summed E-state index contributed by atoms with van der Waals surface area (Å²) in [5.74, 6) is 0.0888. The van der Waals surface area contributed by atoms with Crippen LogP contribution < -0.4 is 23.8 Å². The Hall–Kier alpha value is -4.46. The highest BCUT2D eigenvalue weighted by Gasteiger charge is 2.47. The Kier molecular flexibility index (Phi) is 6.48. The number of benzene rings is 3. The van der Waals surface area contributed by atoms with Gasteiger partial charge < -0.3 is 24.1 Å². The number of nitrogens with zero attached hydrogens (tertiary/aromatic N) is 1. The van der Waals surface area contributed by atoms with E-state index in [-0.39, 0.29) is 18.1 Å². The van der Waals surface area contributed by atoms with E-state index in [1.165, 1.54) is 4.90 Å². The number of aliphatic hydroxyl groups is 1. The Labute approximate surface area is 214 Å². The monoisotopic (exact) mass is 501 g/mol. The lowest BCUT2D eigenvalue weighted by atomic mass is 9.94. The lowest BCUT2D eigenvalue weighted by Gasteiger charge is -2.26. The minimum atomic E-state index is -0.874. The van der Waals surface area contributed by atoms with Gasteiger partial charge in [-0.25, -0.2) is 0 Å². The number of rotatable bonds is 7. The molecule has 2 heterocycles. The van der Waals surface area contributed by atoms with Gasteiger partial charge in [-0.3, -0.25) is 14.5 Å². The first-order valence-electron chi connectivity index (χ1n) is 12.1. The van der Waals surface area contributed by atoms with Crippen molar-refractivity contribution in [3.63, 3.8) is 0 Å². The molecule has 0 radical (unpaired) electrons. The molecule has 3 aromatic carbocycles. The van der Waals surface area contributed by atoms with Gasteiger partial charge in [0.1, 0.15) is 17.3 Å². The zero-order valence-corrected chi connectivity index (χ0v) is 20.8. The van der Waals surface area contributed by atoms with Crippen LogP contribution in [-0.4, -0.2) is 36.8 Å². The summed E-state index contributed by atoms with van der Waals surface area (Å²) in [7, 11) is 0. The van der Waals surface area contributed by atoms with E-state index in [0.717, 1.165) is 5.56 Å². The third-order valence-electron chi connectivity index (χ3n) is 6.26. The van der Waals surface area contributed by atoms with Crippen LogP contribution in [0.4, 0.5) is 5.69 Å². The summed E-state index contributed by atoms with van der Waals surface area (Å²) in [5.41, 5.74) is 2.35. The van der Waals surface area contributed by atoms with Crippen LogP contribution in [0.5, 0.6) is 23.0 Å². The van der Waals surface area contributed by atoms with Crippen LogP contribution in [0.2, 0.25) is 0 Å². The average molecular weight is 502 g/mol. The van der Waals surface area contributed by atoms with E-state index < -0.39 is 17.7 Å². The Morgan fingerprint density at radius 1 is 0.973 bits per heavy atom. The van der Waals surface area contributed by atoms with Gasteiger partial charge in [0.05, 0.1) is 30.4 Å². The molecule has 1 atom stereocenters. The molecular weight excluding hydrogens is 474 g/mol. The van der Waals surface area contributed by atoms with Gasteiger partial charge in [-0.15, -0.1) is 0 Å². The first-order chi connectivity index (χ1) is 17.9. The van der Waals surface area contributed by atoms with Gasteiger partial charge in [0.15, 0.2) is 11.5 Å². The van der Waals surface area contributed by atoms with E-state index in [2.05, 4.69) is 0 Å². The largest absolute Gasteiger partial charge is 0.507 e. The lowest BCUT2D eigenvalue weighted by molar-refractivity contribution is -0.132. The van der Waals surface area contributed by atoms with Crippen LogP contribution in [0.3, 0.4) is 0 Å². The Morgan fingerprint density at radius 3 is 2.51 bits per heavy atom. The van der Waals surface area contributed by atoms with Gasteiger partial charge in [0, 0.05) is 17.8 Å². The SMILES string of the molecule is CCOc1ccc(/C(O)=C2\C(=O)C(=O)N(c3ccc4c(c3)OCO4)C2c2cccc(C)c2)c(OCC)c1. The molecule has 0 saturated carbocycles. The van der Waals surface area contributed by atoms with Crippen molar-refractivity contribution in [2.75, 3.05) is 24.9 Å². The molecule has 0 spiro atoms. The third-order valence-corrected chi connectivity index (χ3v) is 6.26. The van der Waals surface area contributed by atoms with E-state index in [1.807, 2.05) is 45.0 Å². The summed E-state index contributed by atoms with van der Waals surface area (Å²) in [5, 5.41) is 11.6. The maximum absolute atomic E-state index is 13.5. The lowest BCUT2D eigenvalue weighted by Crippen LogP contribution is -2.29. The molecule has 1 saturated heterocycles. The molecular formula is C29H27NO7. The maximum atomic E-state index is 13.5. The number of ether oxygens (including phenoxy) is 4. The normalized spacial score (nSPS) is 17.8. The summed E-state index contributed by atoms with van der Waals surface area (Å²) >= 11 is 0. The molecule has 2 aliphatic heterocycles.